The Morgan fingerprint density at radius 2 is 1.92 bits per heavy atom. The number of nitrogens with zero attached hydrogens (tertiary/aromatic N) is 1. The highest BCUT2D eigenvalue weighted by Gasteiger charge is 2.31. The topological polar surface area (TPSA) is 55.8 Å². The molecule has 1 fully saturated rings. The van der Waals surface area contributed by atoms with E-state index in [1.54, 1.807) is 24.3 Å². The van der Waals surface area contributed by atoms with E-state index in [1.165, 1.54) is 11.4 Å². The van der Waals surface area contributed by atoms with Crippen LogP contribution in [0.25, 0.3) is 0 Å². The molecule has 1 atom stereocenters. The fourth-order valence-electron chi connectivity index (χ4n) is 2.74. The van der Waals surface area contributed by atoms with Crippen LogP contribution in [0.3, 0.4) is 0 Å². The fraction of sp³-hybridized carbons (Fsp3) is 0.333. The van der Waals surface area contributed by atoms with Crippen molar-refractivity contribution >= 4 is 10.0 Å². The largest absolute Gasteiger partial charge is 0.497 e. The number of morpholine rings is 1. The zero-order chi connectivity index (χ0) is 17.2. The van der Waals surface area contributed by atoms with Crippen LogP contribution in [0.1, 0.15) is 17.2 Å². The third-order valence-electron chi connectivity index (χ3n) is 4.16. The van der Waals surface area contributed by atoms with E-state index in [-0.39, 0.29) is 11.0 Å². The number of rotatable bonds is 4. The normalized spacial score (nSPS) is 19.2. The molecule has 6 heteroatoms. The van der Waals surface area contributed by atoms with Gasteiger partial charge in [-0.1, -0.05) is 35.9 Å². The molecule has 3 rings (SSSR count). The molecule has 5 nitrogen and oxygen atoms in total. The maximum absolute atomic E-state index is 12.9. The average Bonchev–Trinajstić information content (AvgIpc) is 2.62. The molecule has 1 unspecified atom stereocenters. The summed E-state index contributed by atoms with van der Waals surface area (Å²) in [6, 6.07) is 14.5. The highest BCUT2D eigenvalue weighted by atomic mass is 32.2. The Morgan fingerprint density at radius 3 is 2.62 bits per heavy atom. The third-order valence-corrected chi connectivity index (χ3v) is 6.02. The smallest absolute Gasteiger partial charge is 0.243 e. The van der Waals surface area contributed by atoms with Crippen molar-refractivity contribution < 1.29 is 17.9 Å². The quantitative estimate of drug-likeness (QED) is 0.853. The van der Waals surface area contributed by atoms with Crippen molar-refractivity contribution in [2.24, 2.45) is 0 Å². The van der Waals surface area contributed by atoms with Crippen LogP contribution in [0.15, 0.2) is 53.4 Å². The Labute approximate surface area is 142 Å². The van der Waals surface area contributed by atoms with Crippen molar-refractivity contribution in [2.75, 3.05) is 26.8 Å². The molecule has 2 aromatic carbocycles. The van der Waals surface area contributed by atoms with Gasteiger partial charge < -0.3 is 9.47 Å². The van der Waals surface area contributed by atoms with E-state index in [0.29, 0.717) is 25.4 Å². The number of methoxy groups -OCH3 is 1. The Kier molecular flexibility index (Phi) is 4.89. The van der Waals surface area contributed by atoms with Gasteiger partial charge in [-0.05, 0) is 24.6 Å². The van der Waals surface area contributed by atoms with Crippen molar-refractivity contribution in [3.63, 3.8) is 0 Å². The molecule has 128 valence electrons. The van der Waals surface area contributed by atoms with Gasteiger partial charge in [-0.25, -0.2) is 8.42 Å². The molecule has 0 bridgehead atoms. The van der Waals surface area contributed by atoms with E-state index in [2.05, 4.69) is 0 Å². The Bertz CT molecular complexity index is 802. The second-order valence-corrected chi connectivity index (χ2v) is 7.75. The molecule has 0 spiro atoms. The molecule has 2 aromatic rings. The minimum atomic E-state index is -3.57. The fourth-order valence-corrected chi connectivity index (χ4v) is 4.20. The van der Waals surface area contributed by atoms with Crippen LogP contribution in [0.2, 0.25) is 0 Å². The van der Waals surface area contributed by atoms with Crippen molar-refractivity contribution in [1.29, 1.82) is 0 Å². The number of hydrogen-bond donors (Lipinski definition) is 0. The second-order valence-electron chi connectivity index (χ2n) is 5.81. The summed E-state index contributed by atoms with van der Waals surface area (Å²) in [6.45, 7) is 3.05. The van der Waals surface area contributed by atoms with E-state index < -0.39 is 10.0 Å². The van der Waals surface area contributed by atoms with Gasteiger partial charge in [-0.2, -0.15) is 4.31 Å². The molecule has 1 heterocycles. The minimum absolute atomic E-state index is 0.242. The number of sulfonamides is 1. The Balaban J connectivity index is 1.84. The van der Waals surface area contributed by atoms with Crippen LogP contribution >= 0.6 is 0 Å². The maximum Gasteiger partial charge on any atom is 0.243 e. The van der Waals surface area contributed by atoms with Crippen LogP contribution in [-0.2, 0) is 14.8 Å². The highest BCUT2D eigenvalue weighted by Crippen LogP contribution is 2.27. The summed E-state index contributed by atoms with van der Waals surface area (Å²) in [5, 5.41) is 0. The monoisotopic (exact) mass is 347 g/mol. The van der Waals surface area contributed by atoms with Gasteiger partial charge in [0.2, 0.25) is 10.0 Å². The Morgan fingerprint density at radius 1 is 1.17 bits per heavy atom. The second kappa shape index (κ2) is 6.93. The lowest BCUT2D eigenvalue weighted by atomic mass is 10.1. The lowest BCUT2D eigenvalue weighted by Gasteiger charge is -2.32. The lowest BCUT2D eigenvalue weighted by Crippen LogP contribution is -2.42. The average molecular weight is 347 g/mol. The van der Waals surface area contributed by atoms with Crippen molar-refractivity contribution in [2.45, 2.75) is 17.9 Å². The van der Waals surface area contributed by atoms with Gasteiger partial charge in [0.05, 0.1) is 24.7 Å². The zero-order valence-corrected chi connectivity index (χ0v) is 14.6. The van der Waals surface area contributed by atoms with Crippen LogP contribution < -0.4 is 4.74 Å². The molecule has 0 aliphatic carbocycles. The standard InChI is InChI=1S/C18H21NO4S/c1-14-6-8-15(9-7-14)18-13-19(10-11-23-18)24(20,21)17-5-3-4-16(12-17)22-2/h3-9,12,18H,10-11,13H2,1-2H3. The first kappa shape index (κ1) is 17.0. The molecular formula is C18H21NO4S. The lowest BCUT2D eigenvalue weighted by molar-refractivity contribution is -0.00256. The number of aryl methyl sites for hydroxylation is 1. The molecule has 24 heavy (non-hydrogen) atoms. The van der Waals surface area contributed by atoms with Gasteiger partial charge in [-0.15, -0.1) is 0 Å². The molecule has 0 aromatic heterocycles. The first-order chi connectivity index (χ1) is 11.5. The maximum atomic E-state index is 12.9. The van der Waals surface area contributed by atoms with Gasteiger partial charge >= 0.3 is 0 Å². The van der Waals surface area contributed by atoms with Gasteiger partial charge in [0.25, 0.3) is 0 Å². The van der Waals surface area contributed by atoms with Crippen molar-refractivity contribution in [3.8, 4) is 5.75 Å². The molecule has 0 N–H and O–H groups in total. The molecule has 0 amide bonds. The first-order valence-electron chi connectivity index (χ1n) is 7.83. The number of hydrogen-bond acceptors (Lipinski definition) is 4. The summed E-state index contributed by atoms with van der Waals surface area (Å²) < 4.78 is 38.2. The third kappa shape index (κ3) is 3.45. The van der Waals surface area contributed by atoms with Gasteiger partial charge in [0.15, 0.2) is 0 Å². The summed E-state index contributed by atoms with van der Waals surface area (Å²) in [7, 11) is -2.05. The minimum Gasteiger partial charge on any atom is -0.497 e. The number of ether oxygens (including phenoxy) is 2. The first-order valence-corrected chi connectivity index (χ1v) is 9.27. The SMILES string of the molecule is COc1cccc(S(=O)(=O)N2CCOC(c3ccc(C)cc3)C2)c1. The van der Waals surface area contributed by atoms with E-state index >= 15 is 0 Å². The zero-order valence-electron chi connectivity index (χ0n) is 13.8. The van der Waals surface area contributed by atoms with E-state index in [1.807, 2.05) is 31.2 Å². The predicted octanol–water partition coefficient (Wildman–Crippen LogP) is 2.77. The summed E-state index contributed by atoms with van der Waals surface area (Å²) in [6.07, 6.45) is -0.250. The molecule has 1 aliphatic rings. The number of benzene rings is 2. The van der Waals surface area contributed by atoms with E-state index in [4.69, 9.17) is 9.47 Å². The molecule has 1 saturated heterocycles. The Hall–Kier alpha value is -1.89. The van der Waals surface area contributed by atoms with Crippen LogP contribution in [-0.4, -0.2) is 39.5 Å². The molecule has 0 radical (unpaired) electrons. The summed E-state index contributed by atoms with van der Waals surface area (Å²) in [5.41, 5.74) is 2.15. The molecule has 1 aliphatic heterocycles. The van der Waals surface area contributed by atoms with Crippen LogP contribution in [0.4, 0.5) is 0 Å². The van der Waals surface area contributed by atoms with Crippen LogP contribution in [0, 0.1) is 6.92 Å². The molecular weight excluding hydrogens is 326 g/mol. The van der Waals surface area contributed by atoms with Gasteiger partial charge in [0, 0.05) is 19.2 Å². The highest BCUT2D eigenvalue weighted by molar-refractivity contribution is 7.89. The van der Waals surface area contributed by atoms with Crippen LogP contribution in [0.5, 0.6) is 5.75 Å². The predicted molar refractivity (Wildman–Crippen MR) is 91.6 cm³/mol. The molecule has 0 saturated carbocycles. The summed E-state index contributed by atoms with van der Waals surface area (Å²) >= 11 is 0. The van der Waals surface area contributed by atoms with Crippen molar-refractivity contribution in [1.82, 2.24) is 4.31 Å². The summed E-state index contributed by atoms with van der Waals surface area (Å²) in [4.78, 5) is 0.242. The van der Waals surface area contributed by atoms with Crippen molar-refractivity contribution in [3.05, 3.63) is 59.7 Å². The summed E-state index contributed by atoms with van der Waals surface area (Å²) in [5.74, 6) is 0.527. The van der Waals surface area contributed by atoms with Gasteiger partial charge in [0.1, 0.15) is 5.75 Å². The van der Waals surface area contributed by atoms with E-state index in [9.17, 15) is 8.42 Å². The van der Waals surface area contributed by atoms with E-state index in [0.717, 1.165) is 11.1 Å². The van der Waals surface area contributed by atoms with Gasteiger partial charge in [-0.3, -0.25) is 0 Å².